The van der Waals surface area contributed by atoms with Crippen molar-refractivity contribution in [2.45, 2.75) is 13.3 Å². The summed E-state index contributed by atoms with van der Waals surface area (Å²) in [6.45, 7) is 2.92. The summed E-state index contributed by atoms with van der Waals surface area (Å²) in [6.07, 6.45) is 0.330. The van der Waals surface area contributed by atoms with E-state index in [4.69, 9.17) is 22.1 Å². The first kappa shape index (κ1) is 13.8. The topological polar surface area (TPSA) is 55.6 Å². The van der Waals surface area contributed by atoms with Crippen molar-refractivity contribution >= 4 is 28.9 Å². The number of ether oxygens (including phenoxy) is 1. The Morgan fingerprint density at radius 2 is 2.24 bits per heavy atom. The number of benzene rings is 1. The van der Waals surface area contributed by atoms with Gasteiger partial charge in [0, 0.05) is 18.7 Å². The molecule has 17 heavy (non-hydrogen) atoms. The van der Waals surface area contributed by atoms with Crippen molar-refractivity contribution in [2.24, 2.45) is 0 Å². The third kappa shape index (κ3) is 3.91. The van der Waals surface area contributed by atoms with Crippen LogP contribution in [-0.2, 0) is 9.53 Å². The first-order chi connectivity index (χ1) is 8.06. The first-order valence-electron chi connectivity index (χ1n) is 5.45. The molecule has 1 aromatic rings. The van der Waals surface area contributed by atoms with Crippen LogP contribution in [0.15, 0.2) is 18.2 Å². The van der Waals surface area contributed by atoms with Crippen molar-refractivity contribution in [3.8, 4) is 0 Å². The minimum absolute atomic E-state index is 0.0487. The third-order valence-corrected chi connectivity index (χ3v) is 2.63. The Hall–Kier alpha value is -1.26. The Kier molecular flexibility index (Phi) is 5.25. The monoisotopic (exact) mass is 256 g/mol. The predicted molar refractivity (Wildman–Crippen MR) is 70.4 cm³/mol. The van der Waals surface area contributed by atoms with Crippen LogP contribution in [0.5, 0.6) is 0 Å². The number of nitrogen functional groups attached to an aromatic ring is 1. The van der Waals surface area contributed by atoms with Crippen LogP contribution in [0.25, 0.3) is 0 Å². The van der Waals surface area contributed by atoms with Crippen molar-refractivity contribution in [3.05, 3.63) is 23.2 Å². The van der Waals surface area contributed by atoms with Gasteiger partial charge in [0.2, 0.25) is 5.91 Å². The van der Waals surface area contributed by atoms with E-state index in [0.717, 1.165) is 0 Å². The molecule has 0 saturated heterocycles. The van der Waals surface area contributed by atoms with E-state index in [1.165, 1.54) is 4.90 Å². The molecule has 0 unspecified atom stereocenters. The van der Waals surface area contributed by atoms with Gasteiger partial charge in [-0.2, -0.15) is 0 Å². The smallest absolute Gasteiger partial charge is 0.229 e. The van der Waals surface area contributed by atoms with Gasteiger partial charge in [-0.15, -0.1) is 0 Å². The van der Waals surface area contributed by atoms with Gasteiger partial charge in [0.05, 0.1) is 24.4 Å². The molecular weight excluding hydrogens is 240 g/mol. The molecule has 5 heteroatoms. The molecule has 0 aromatic heterocycles. The Morgan fingerprint density at radius 3 is 2.88 bits per heavy atom. The normalized spacial score (nSPS) is 10.3. The quantitative estimate of drug-likeness (QED) is 0.650. The van der Waals surface area contributed by atoms with Gasteiger partial charge in [0.1, 0.15) is 0 Å². The van der Waals surface area contributed by atoms with Crippen LogP contribution < -0.4 is 10.6 Å². The largest absolute Gasteiger partial charge is 0.397 e. The van der Waals surface area contributed by atoms with Crippen LogP contribution in [0, 0.1) is 0 Å². The lowest BCUT2D eigenvalue weighted by molar-refractivity contribution is -0.119. The second kappa shape index (κ2) is 6.47. The van der Waals surface area contributed by atoms with Crippen LogP contribution in [-0.4, -0.2) is 26.2 Å². The average molecular weight is 257 g/mol. The van der Waals surface area contributed by atoms with E-state index in [1.807, 2.05) is 6.92 Å². The Labute approximate surface area is 106 Å². The molecule has 0 aliphatic rings. The molecule has 0 fully saturated rings. The number of nitrogens with zero attached hydrogens (tertiary/aromatic N) is 1. The Balaban J connectivity index is 2.71. The summed E-state index contributed by atoms with van der Waals surface area (Å²) in [5.41, 5.74) is 6.95. The van der Waals surface area contributed by atoms with Crippen molar-refractivity contribution in [3.63, 3.8) is 0 Å². The molecule has 1 rings (SSSR count). The highest BCUT2D eigenvalue weighted by molar-refractivity contribution is 6.31. The highest BCUT2D eigenvalue weighted by Crippen LogP contribution is 2.26. The maximum atomic E-state index is 11.8. The van der Waals surface area contributed by atoms with Crippen molar-refractivity contribution in [1.29, 1.82) is 0 Å². The number of rotatable bonds is 5. The number of halogens is 1. The second-order valence-corrected chi connectivity index (χ2v) is 4.04. The van der Waals surface area contributed by atoms with Crippen LogP contribution >= 0.6 is 11.6 Å². The number of hydrogen-bond donors (Lipinski definition) is 1. The lowest BCUT2D eigenvalue weighted by atomic mass is 10.2. The highest BCUT2D eigenvalue weighted by Gasteiger charge is 2.13. The summed E-state index contributed by atoms with van der Waals surface area (Å²) < 4.78 is 5.14. The molecule has 0 aliphatic carbocycles. The van der Waals surface area contributed by atoms with Gasteiger partial charge in [0.25, 0.3) is 0 Å². The lowest BCUT2D eigenvalue weighted by Gasteiger charge is -2.19. The number of carbonyl (C=O) groups is 1. The van der Waals surface area contributed by atoms with E-state index < -0.39 is 0 Å². The van der Waals surface area contributed by atoms with Crippen LogP contribution in [0.1, 0.15) is 13.3 Å². The van der Waals surface area contributed by atoms with Crippen molar-refractivity contribution < 1.29 is 9.53 Å². The molecule has 94 valence electrons. The molecule has 0 heterocycles. The van der Waals surface area contributed by atoms with Gasteiger partial charge < -0.3 is 15.4 Å². The van der Waals surface area contributed by atoms with Gasteiger partial charge in [-0.1, -0.05) is 11.6 Å². The Bertz CT molecular complexity index is 396. The number of amides is 1. The minimum atomic E-state index is -0.0487. The zero-order valence-electron chi connectivity index (χ0n) is 10.1. The number of anilines is 2. The van der Waals surface area contributed by atoms with Gasteiger partial charge in [-0.25, -0.2) is 0 Å². The van der Waals surface area contributed by atoms with E-state index >= 15 is 0 Å². The predicted octanol–water partition coefficient (Wildman–Crippen LogP) is 2.31. The SMILES string of the molecule is CCOCCC(=O)N(C)c1cc(Cl)ccc1N. The Morgan fingerprint density at radius 1 is 1.53 bits per heavy atom. The standard InChI is InChI=1S/C12H17ClN2O2/c1-3-17-7-6-12(16)15(2)11-8-9(13)4-5-10(11)14/h4-5,8H,3,6-7,14H2,1-2H3. The molecule has 0 bridgehead atoms. The van der Waals surface area contributed by atoms with E-state index in [1.54, 1.807) is 25.2 Å². The molecule has 0 spiro atoms. The van der Waals surface area contributed by atoms with E-state index in [0.29, 0.717) is 36.0 Å². The summed E-state index contributed by atoms with van der Waals surface area (Å²) in [5, 5.41) is 0.554. The molecule has 0 saturated carbocycles. The van der Waals surface area contributed by atoms with Gasteiger partial charge in [-0.05, 0) is 25.1 Å². The fourth-order valence-corrected chi connectivity index (χ4v) is 1.58. The number of nitrogens with two attached hydrogens (primary N) is 1. The summed E-state index contributed by atoms with van der Waals surface area (Å²) >= 11 is 5.87. The molecular formula is C12H17ClN2O2. The number of carbonyl (C=O) groups excluding carboxylic acids is 1. The summed E-state index contributed by atoms with van der Waals surface area (Å²) in [4.78, 5) is 13.3. The fourth-order valence-electron chi connectivity index (χ4n) is 1.41. The van der Waals surface area contributed by atoms with Crippen LogP contribution in [0.4, 0.5) is 11.4 Å². The van der Waals surface area contributed by atoms with Crippen molar-refractivity contribution in [2.75, 3.05) is 30.9 Å². The minimum Gasteiger partial charge on any atom is -0.397 e. The molecule has 0 aliphatic heterocycles. The van der Waals surface area contributed by atoms with Crippen molar-refractivity contribution in [1.82, 2.24) is 0 Å². The van der Waals surface area contributed by atoms with Crippen LogP contribution in [0.2, 0.25) is 5.02 Å². The summed E-state index contributed by atoms with van der Waals surface area (Å²) in [6, 6.07) is 5.05. The summed E-state index contributed by atoms with van der Waals surface area (Å²) in [7, 11) is 1.68. The second-order valence-electron chi connectivity index (χ2n) is 3.60. The van der Waals surface area contributed by atoms with Gasteiger partial charge >= 0.3 is 0 Å². The van der Waals surface area contributed by atoms with E-state index in [2.05, 4.69) is 0 Å². The maximum absolute atomic E-state index is 11.8. The van der Waals surface area contributed by atoms with Gasteiger partial charge in [0.15, 0.2) is 0 Å². The summed E-state index contributed by atoms with van der Waals surface area (Å²) in [5.74, 6) is -0.0487. The average Bonchev–Trinajstić information content (AvgIpc) is 2.31. The molecule has 0 radical (unpaired) electrons. The van der Waals surface area contributed by atoms with Gasteiger partial charge in [-0.3, -0.25) is 4.79 Å². The zero-order valence-corrected chi connectivity index (χ0v) is 10.8. The maximum Gasteiger partial charge on any atom is 0.229 e. The molecule has 1 amide bonds. The fraction of sp³-hybridized carbons (Fsp3) is 0.417. The van der Waals surface area contributed by atoms with E-state index in [-0.39, 0.29) is 5.91 Å². The van der Waals surface area contributed by atoms with E-state index in [9.17, 15) is 4.79 Å². The number of hydrogen-bond acceptors (Lipinski definition) is 3. The first-order valence-corrected chi connectivity index (χ1v) is 5.83. The lowest BCUT2D eigenvalue weighted by Crippen LogP contribution is -2.27. The van der Waals surface area contributed by atoms with Crippen LogP contribution in [0.3, 0.4) is 0 Å². The zero-order chi connectivity index (χ0) is 12.8. The molecule has 4 nitrogen and oxygen atoms in total. The molecule has 2 N–H and O–H groups in total. The highest BCUT2D eigenvalue weighted by atomic mass is 35.5. The molecule has 0 atom stereocenters. The molecule has 1 aromatic carbocycles. The third-order valence-electron chi connectivity index (χ3n) is 2.39.